The first-order valence-electron chi connectivity index (χ1n) is 3.04. The number of nitrogens with one attached hydrogen (secondary N) is 1. The Morgan fingerprint density at radius 1 is 1.42 bits per heavy atom. The van der Waals surface area contributed by atoms with Gasteiger partial charge in [-0.15, -0.1) is 0 Å². The number of nitrogens with two attached hydrogens (primary N) is 1. The Kier molecular flexibility index (Phi) is 2.41. The van der Waals surface area contributed by atoms with Crippen molar-refractivity contribution in [2.75, 3.05) is 0 Å². The highest BCUT2D eigenvalue weighted by Crippen LogP contribution is 2.08. The minimum atomic E-state index is -3.73. The fourth-order valence-electron chi connectivity index (χ4n) is 0.702. The first kappa shape index (κ1) is 9.11. The van der Waals surface area contributed by atoms with Crippen molar-refractivity contribution in [3.63, 3.8) is 0 Å². The molecule has 1 aromatic carbocycles. The summed E-state index contributed by atoms with van der Waals surface area (Å²) in [4.78, 5) is 1.40. The number of rotatable bonds is 2. The number of sulfonamides is 1. The molecule has 0 atom stereocenters. The molecule has 4 nitrogen and oxygen atoms in total. The molecule has 1 rings (SSSR count). The van der Waals surface area contributed by atoms with Crippen molar-refractivity contribution in [2.45, 2.75) is 4.90 Å². The van der Waals surface area contributed by atoms with Crippen LogP contribution in [0.1, 0.15) is 0 Å². The van der Waals surface area contributed by atoms with Crippen LogP contribution in [0.3, 0.4) is 0 Å². The van der Waals surface area contributed by atoms with Crippen LogP contribution in [-0.2, 0) is 10.0 Å². The summed E-state index contributed by atoms with van der Waals surface area (Å²) >= 11 is 0. The Morgan fingerprint density at radius 2 is 2.08 bits per heavy atom. The van der Waals surface area contributed by atoms with Crippen molar-refractivity contribution < 1.29 is 12.8 Å². The Hall–Kier alpha value is -0.980. The molecule has 1 aromatic rings. The standard InChI is InChI=1S/C6H7FN2O2S/c7-5-2-1-3-6(4-5)12(10,11)9-8/h1-4,9H,8H2. The average Bonchev–Trinajstić information content (AvgIpc) is 2.05. The second-order valence-electron chi connectivity index (χ2n) is 2.08. The minimum Gasteiger partial charge on any atom is -0.257 e. The molecule has 3 N–H and O–H groups in total. The van der Waals surface area contributed by atoms with E-state index in [4.69, 9.17) is 5.84 Å². The zero-order valence-electron chi connectivity index (χ0n) is 5.99. The monoisotopic (exact) mass is 190 g/mol. The highest BCUT2D eigenvalue weighted by atomic mass is 32.2. The molecule has 0 aromatic heterocycles. The second-order valence-corrected chi connectivity index (χ2v) is 3.79. The lowest BCUT2D eigenvalue weighted by Crippen LogP contribution is -2.30. The lowest BCUT2D eigenvalue weighted by Gasteiger charge is -2.00. The fourth-order valence-corrected chi connectivity index (χ4v) is 1.36. The van der Waals surface area contributed by atoms with Crippen LogP contribution in [0.15, 0.2) is 29.2 Å². The fraction of sp³-hybridized carbons (Fsp3) is 0. The van der Waals surface area contributed by atoms with Gasteiger partial charge in [0.25, 0.3) is 10.0 Å². The van der Waals surface area contributed by atoms with Gasteiger partial charge in [0.15, 0.2) is 0 Å². The minimum absolute atomic E-state index is 0.190. The maximum atomic E-state index is 12.5. The summed E-state index contributed by atoms with van der Waals surface area (Å²) in [5, 5.41) is 0. The highest BCUT2D eigenvalue weighted by molar-refractivity contribution is 7.89. The molecule has 12 heavy (non-hydrogen) atoms. The van der Waals surface area contributed by atoms with Crippen molar-refractivity contribution >= 4 is 10.0 Å². The van der Waals surface area contributed by atoms with Gasteiger partial charge in [0.2, 0.25) is 0 Å². The Labute approximate surface area is 69.2 Å². The van der Waals surface area contributed by atoms with E-state index in [1.165, 1.54) is 12.1 Å². The second kappa shape index (κ2) is 3.18. The van der Waals surface area contributed by atoms with Crippen LogP contribution in [0.2, 0.25) is 0 Å². The van der Waals surface area contributed by atoms with Gasteiger partial charge in [-0.05, 0) is 18.2 Å². The summed E-state index contributed by atoms with van der Waals surface area (Å²) in [7, 11) is -3.73. The molecule has 0 aliphatic heterocycles. The van der Waals surface area contributed by atoms with E-state index in [2.05, 4.69) is 0 Å². The van der Waals surface area contributed by atoms with E-state index in [-0.39, 0.29) is 4.90 Å². The molecule has 0 saturated heterocycles. The van der Waals surface area contributed by atoms with Crippen LogP contribution in [-0.4, -0.2) is 8.42 Å². The molecule has 0 fully saturated rings. The Bertz CT molecular complexity index is 377. The van der Waals surface area contributed by atoms with Crippen molar-refractivity contribution in [1.82, 2.24) is 4.83 Å². The molecule has 0 saturated carbocycles. The van der Waals surface area contributed by atoms with Gasteiger partial charge in [-0.1, -0.05) is 6.07 Å². The number of hydrogen-bond acceptors (Lipinski definition) is 3. The van der Waals surface area contributed by atoms with E-state index in [0.29, 0.717) is 0 Å². The molecular weight excluding hydrogens is 183 g/mol. The lowest BCUT2D eigenvalue weighted by atomic mass is 10.4. The van der Waals surface area contributed by atoms with Crippen LogP contribution in [0, 0.1) is 5.82 Å². The van der Waals surface area contributed by atoms with E-state index < -0.39 is 15.8 Å². The number of hydrogen-bond donors (Lipinski definition) is 2. The number of hydrazine groups is 1. The van der Waals surface area contributed by atoms with Crippen LogP contribution < -0.4 is 10.7 Å². The van der Waals surface area contributed by atoms with Crippen LogP contribution in [0.5, 0.6) is 0 Å². The summed E-state index contributed by atoms with van der Waals surface area (Å²) in [5.41, 5.74) is 0. The molecule has 0 unspecified atom stereocenters. The molecule has 0 amide bonds. The summed E-state index contributed by atoms with van der Waals surface area (Å²) in [6.45, 7) is 0. The molecule has 0 radical (unpaired) electrons. The maximum Gasteiger partial charge on any atom is 0.253 e. The van der Waals surface area contributed by atoms with Gasteiger partial charge in [-0.25, -0.2) is 12.8 Å². The number of benzene rings is 1. The molecule has 6 heteroatoms. The Morgan fingerprint density at radius 3 is 2.58 bits per heavy atom. The average molecular weight is 190 g/mol. The maximum absolute atomic E-state index is 12.5. The van der Waals surface area contributed by atoms with Crippen LogP contribution in [0.4, 0.5) is 4.39 Å². The molecule has 0 heterocycles. The van der Waals surface area contributed by atoms with Crippen molar-refractivity contribution in [3.8, 4) is 0 Å². The van der Waals surface area contributed by atoms with Gasteiger partial charge in [0.05, 0.1) is 4.90 Å². The van der Waals surface area contributed by atoms with Crippen LogP contribution in [0.25, 0.3) is 0 Å². The summed E-state index contributed by atoms with van der Waals surface area (Å²) in [6, 6.07) is 4.57. The molecule has 66 valence electrons. The van der Waals surface area contributed by atoms with Gasteiger partial charge < -0.3 is 0 Å². The quantitative estimate of drug-likeness (QED) is 0.508. The van der Waals surface area contributed by atoms with Gasteiger partial charge in [0, 0.05) is 0 Å². The van der Waals surface area contributed by atoms with E-state index in [0.717, 1.165) is 12.1 Å². The predicted octanol–water partition coefficient (Wildman–Crippen LogP) is -0.0223. The normalized spacial score (nSPS) is 11.5. The first-order chi connectivity index (χ1) is 5.56. The van der Waals surface area contributed by atoms with Gasteiger partial charge in [0.1, 0.15) is 5.82 Å². The smallest absolute Gasteiger partial charge is 0.253 e. The summed E-state index contributed by atoms with van der Waals surface area (Å²) in [6.07, 6.45) is 0. The van der Waals surface area contributed by atoms with Gasteiger partial charge in [-0.2, -0.15) is 4.83 Å². The summed E-state index contributed by atoms with van der Waals surface area (Å²) < 4.78 is 34.4. The largest absolute Gasteiger partial charge is 0.257 e. The van der Waals surface area contributed by atoms with Crippen molar-refractivity contribution in [3.05, 3.63) is 30.1 Å². The highest BCUT2D eigenvalue weighted by Gasteiger charge is 2.11. The van der Waals surface area contributed by atoms with E-state index in [1.807, 2.05) is 0 Å². The molecule has 0 spiro atoms. The molecule has 0 aliphatic rings. The third kappa shape index (κ3) is 1.79. The van der Waals surface area contributed by atoms with E-state index in [9.17, 15) is 12.8 Å². The van der Waals surface area contributed by atoms with Crippen molar-refractivity contribution in [2.24, 2.45) is 5.84 Å². The van der Waals surface area contributed by atoms with Gasteiger partial charge in [-0.3, -0.25) is 5.84 Å². The van der Waals surface area contributed by atoms with Gasteiger partial charge >= 0.3 is 0 Å². The Balaban J connectivity index is 3.21. The SMILES string of the molecule is NNS(=O)(=O)c1cccc(F)c1. The zero-order valence-corrected chi connectivity index (χ0v) is 6.81. The lowest BCUT2D eigenvalue weighted by molar-refractivity contribution is 0.580. The zero-order chi connectivity index (χ0) is 9.19. The van der Waals surface area contributed by atoms with E-state index >= 15 is 0 Å². The first-order valence-corrected chi connectivity index (χ1v) is 4.52. The third-order valence-corrected chi connectivity index (χ3v) is 2.45. The van der Waals surface area contributed by atoms with Crippen LogP contribution >= 0.6 is 0 Å². The summed E-state index contributed by atoms with van der Waals surface area (Å²) in [5.74, 6) is 4.11. The van der Waals surface area contributed by atoms with E-state index in [1.54, 1.807) is 4.83 Å². The third-order valence-electron chi connectivity index (χ3n) is 1.26. The predicted molar refractivity (Wildman–Crippen MR) is 40.9 cm³/mol. The molecule has 0 bridgehead atoms. The topological polar surface area (TPSA) is 72.2 Å². The molecule has 0 aliphatic carbocycles. The number of halogens is 1. The van der Waals surface area contributed by atoms with Crippen molar-refractivity contribution in [1.29, 1.82) is 0 Å². The molecular formula is C6H7FN2O2S.